The first-order valence-corrected chi connectivity index (χ1v) is 5.24. The maximum Gasteiger partial charge on any atom is 0.325 e. The lowest BCUT2D eigenvalue weighted by Crippen LogP contribution is -2.49. The summed E-state index contributed by atoms with van der Waals surface area (Å²) in [6, 6.07) is -1.44. The van der Waals surface area contributed by atoms with Crippen LogP contribution in [0.15, 0.2) is 0 Å². The second-order valence-corrected chi connectivity index (χ2v) is 3.94. The number of carbonyl (C=O) groups is 3. The quantitative estimate of drug-likeness (QED) is 0.687. The Morgan fingerprint density at radius 2 is 2.06 bits per heavy atom. The van der Waals surface area contributed by atoms with Crippen LogP contribution < -0.4 is 5.32 Å². The summed E-state index contributed by atoms with van der Waals surface area (Å²) in [5.74, 6) is -1.62. The molecule has 0 aromatic heterocycles. The summed E-state index contributed by atoms with van der Waals surface area (Å²) in [5.41, 5.74) is 0. The Kier molecular flexibility index (Phi) is 3.87. The van der Waals surface area contributed by atoms with E-state index in [9.17, 15) is 14.4 Å². The molecular formula is C10H16N2O4. The van der Waals surface area contributed by atoms with Gasteiger partial charge in [-0.2, -0.15) is 0 Å². The smallest absolute Gasteiger partial charge is 0.325 e. The molecule has 0 saturated carbocycles. The van der Waals surface area contributed by atoms with Gasteiger partial charge < -0.3 is 15.3 Å². The third-order valence-corrected chi connectivity index (χ3v) is 2.69. The van der Waals surface area contributed by atoms with Crippen molar-refractivity contribution in [1.82, 2.24) is 10.2 Å². The lowest BCUT2D eigenvalue weighted by molar-refractivity contribution is -0.143. The predicted octanol–water partition coefficient (Wildman–Crippen LogP) is -0.413. The second-order valence-electron chi connectivity index (χ2n) is 3.94. The fourth-order valence-electron chi connectivity index (χ4n) is 1.79. The lowest BCUT2D eigenvalue weighted by Gasteiger charge is -2.23. The van der Waals surface area contributed by atoms with E-state index in [1.54, 1.807) is 0 Å². The van der Waals surface area contributed by atoms with Gasteiger partial charge in [0, 0.05) is 13.5 Å². The van der Waals surface area contributed by atoms with Crippen LogP contribution in [0.4, 0.5) is 0 Å². The number of likely N-dealkylation sites (tertiary alicyclic amines) is 1. The van der Waals surface area contributed by atoms with Crippen molar-refractivity contribution in [2.24, 2.45) is 0 Å². The zero-order valence-electron chi connectivity index (χ0n) is 9.40. The zero-order chi connectivity index (χ0) is 12.3. The Bertz CT molecular complexity index is 316. The highest BCUT2D eigenvalue weighted by atomic mass is 16.4. The molecule has 1 heterocycles. The number of hydrogen-bond donors (Lipinski definition) is 2. The van der Waals surface area contributed by atoms with Crippen LogP contribution in [0.1, 0.15) is 26.7 Å². The van der Waals surface area contributed by atoms with E-state index in [1.165, 1.54) is 18.7 Å². The number of hydrogen-bond acceptors (Lipinski definition) is 3. The molecule has 1 rings (SSSR count). The maximum atomic E-state index is 11.7. The first-order chi connectivity index (χ1) is 7.43. The van der Waals surface area contributed by atoms with Gasteiger partial charge in [-0.05, 0) is 19.8 Å². The molecule has 16 heavy (non-hydrogen) atoms. The van der Waals surface area contributed by atoms with Crippen LogP contribution in [0.2, 0.25) is 0 Å². The number of nitrogens with zero attached hydrogens (tertiary/aromatic N) is 1. The molecule has 0 spiro atoms. The minimum absolute atomic E-state index is 0.152. The van der Waals surface area contributed by atoms with Gasteiger partial charge in [-0.25, -0.2) is 0 Å². The molecule has 2 atom stereocenters. The molecular weight excluding hydrogens is 212 g/mol. The number of amides is 2. The molecule has 0 aliphatic carbocycles. The Morgan fingerprint density at radius 1 is 1.44 bits per heavy atom. The van der Waals surface area contributed by atoms with E-state index in [1.807, 2.05) is 0 Å². The number of carboxylic acid groups (broad SMARTS) is 1. The summed E-state index contributed by atoms with van der Waals surface area (Å²) in [7, 11) is 0. The number of rotatable bonds is 3. The summed E-state index contributed by atoms with van der Waals surface area (Å²) < 4.78 is 0. The molecule has 1 aliphatic rings. The van der Waals surface area contributed by atoms with Crippen molar-refractivity contribution in [1.29, 1.82) is 0 Å². The van der Waals surface area contributed by atoms with Crippen molar-refractivity contribution in [2.45, 2.75) is 38.8 Å². The summed E-state index contributed by atoms with van der Waals surface area (Å²) in [6.45, 7) is 3.37. The minimum atomic E-state index is -1.08. The van der Waals surface area contributed by atoms with Gasteiger partial charge in [-0.1, -0.05) is 0 Å². The number of carbonyl (C=O) groups excluding carboxylic acids is 2. The summed E-state index contributed by atoms with van der Waals surface area (Å²) >= 11 is 0. The van der Waals surface area contributed by atoms with E-state index in [-0.39, 0.29) is 11.8 Å². The van der Waals surface area contributed by atoms with Crippen molar-refractivity contribution < 1.29 is 19.5 Å². The second kappa shape index (κ2) is 4.96. The molecule has 0 radical (unpaired) electrons. The molecule has 6 heteroatoms. The monoisotopic (exact) mass is 228 g/mol. The van der Waals surface area contributed by atoms with Gasteiger partial charge >= 0.3 is 5.97 Å². The topological polar surface area (TPSA) is 86.7 Å². The lowest BCUT2D eigenvalue weighted by atomic mass is 10.2. The van der Waals surface area contributed by atoms with Crippen LogP contribution in [0.25, 0.3) is 0 Å². The number of nitrogens with one attached hydrogen (secondary N) is 1. The van der Waals surface area contributed by atoms with E-state index < -0.39 is 18.1 Å². The van der Waals surface area contributed by atoms with Crippen LogP contribution in [0.3, 0.4) is 0 Å². The van der Waals surface area contributed by atoms with Crippen molar-refractivity contribution in [3.05, 3.63) is 0 Å². The highest BCUT2D eigenvalue weighted by Crippen LogP contribution is 2.17. The Balaban J connectivity index is 2.60. The summed E-state index contributed by atoms with van der Waals surface area (Å²) in [4.78, 5) is 35.0. The molecule has 2 unspecified atom stereocenters. The van der Waals surface area contributed by atoms with Gasteiger partial charge in [0.1, 0.15) is 12.1 Å². The van der Waals surface area contributed by atoms with Crippen LogP contribution in [0, 0.1) is 0 Å². The molecule has 90 valence electrons. The van der Waals surface area contributed by atoms with Gasteiger partial charge in [0.2, 0.25) is 11.8 Å². The fourth-order valence-corrected chi connectivity index (χ4v) is 1.79. The molecule has 2 N–H and O–H groups in total. The van der Waals surface area contributed by atoms with Crippen molar-refractivity contribution in [2.75, 3.05) is 6.54 Å². The van der Waals surface area contributed by atoms with Crippen molar-refractivity contribution in [3.63, 3.8) is 0 Å². The van der Waals surface area contributed by atoms with Gasteiger partial charge in [0.25, 0.3) is 0 Å². The van der Waals surface area contributed by atoms with Gasteiger partial charge in [-0.15, -0.1) is 0 Å². The van der Waals surface area contributed by atoms with Gasteiger partial charge in [0.15, 0.2) is 0 Å². The molecule has 2 amide bonds. The summed E-state index contributed by atoms with van der Waals surface area (Å²) in [6.07, 6.45) is 1.37. The van der Waals surface area contributed by atoms with Crippen LogP contribution in [0.5, 0.6) is 0 Å². The molecule has 0 bridgehead atoms. The van der Waals surface area contributed by atoms with E-state index >= 15 is 0 Å². The first kappa shape index (κ1) is 12.5. The average Bonchev–Trinajstić information content (AvgIpc) is 2.65. The van der Waals surface area contributed by atoms with E-state index in [4.69, 9.17) is 5.11 Å². The Labute approximate surface area is 93.6 Å². The molecule has 6 nitrogen and oxygen atoms in total. The molecule has 1 fully saturated rings. The fraction of sp³-hybridized carbons (Fsp3) is 0.700. The van der Waals surface area contributed by atoms with Gasteiger partial charge in [0.05, 0.1) is 0 Å². The number of carboxylic acids is 1. The standard InChI is InChI=1S/C10H16N2O4/c1-6(10(15)16)11-9(14)8-4-3-5-12(8)7(2)13/h6,8H,3-5H2,1-2H3,(H,11,14)(H,15,16). The Hall–Kier alpha value is -1.59. The van der Waals surface area contributed by atoms with E-state index in [2.05, 4.69) is 5.32 Å². The summed E-state index contributed by atoms with van der Waals surface area (Å²) in [5, 5.41) is 11.0. The predicted molar refractivity (Wildman–Crippen MR) is 55.6 cm³/mol. The number of aliphatic carboxylic acids is 1. The SMILES string of the molecule is CC(=O)N1CCCC1C(=O)NC(C)C(=O)O. The molecule has 1 saturated heterocycles. The van der Waals surface area contributed by atoms with Crippen molar-refractivity contribution in [3.8, 4) is 0 Å². The largest absolute Gasteiger partial charge is 0.480 e. The third-order valence-electron chi connectivity index (χ3n) is 2.69. The van der Waals surface area contributed by atoms with E-state index in [0.717, 1.165) is 6.42 Å². The molecule has 0 aromatic rings. The third kappa shape index (κ3) is 2.71. The zero-order valence-corrected chi connectivity index (χ0v) is 9.40. The first-order valence-electron chi connectivity index (χ1n) is 5.24. The maximum absolute atomic E-state index is 11.7. The molecule has 1 aliphatic heterocycles. The van der Waals surface area contributed by atoms with E-state index in [0.29, 0.717) is 13.0 Å². The average molecular weight is 228 g/mol. The van der Waals surface area contributed by atoms with Gasteiger partial charge in [-0.3, -0.25) is 14.4 Å². The normalized spacial score (nSPS) is 21.6. The van der Waals surface area contributed by atoms with Crippen LogP contribution >= 0.6 is 0 Å². The van der Waals surface area contributed by atoms with Crippen LogP contribution in [-0.2, 0) is 14.4 Å². The minimum Gasteiger partial charge on any atom is -0.480 e. The van der Waals surface area contributed by atoms with Crippen LogP contribution in [-0.4, -0.2) is 46.4 Å². The molecule has 0 aromatic carbocycles. The van der Waals surface area contributed by atoms with Crippen molar-refractivity contribution >= 4 is 17.8 Å². The highest BCUT2D eigenvalue weighted by Gasteiger charge is 2.33. The highest BCUT2D eigenvalue weighted by molar-refractivity contribution is 5.90. The Morgan fingerprint density at radius 3 is 2.56 bits per heavy atom.